The van der Waals surface area contributed by atoms with Gasteiger partial charge in [0.2, 0.25) is 11.8 Å². The fourth-order valence-electron chi connectivity index (χ4n) is 4.07. The molecule has 35 heavy (non-hydrogen) atoms. The van der Waals surface area contributed by atoms with Gasteiger partial charge in [0.05, 0.1) is 24.6 Å². The predicted octanol–water partition coefficient (Wildman–Crippen LogP) is 2.72. The minimum Gasteiger partial charge on any atom is -0.463 e. The van der Waals surface area contributed by atoms with E-state index in [1.54, 1.807) is 0 Å². The van der Waals surface area contributed by atoms with Gasteiger partial charge in [-0.05, 0) is 36.8 Å². The summed E-state index contributed by atoms with van der Waals surface area (Å²) in [5.41, 5.74) is 2.03. The molecule has 7 heteroatoms. The molecule has 1 aliphatic rings. The van der Waals surface area contributed by atoms with Crippen LogP contribution in [0.2, 0.25) is 0 Å². The second-order valence-electron chi connectivity index (χ2n) is 8.86. The Morgan fingerprint density at radius 2 is 1.71 bits per heavy atom. The van der Waals surface area contributed by atoms with Crippen molar-refractivity contribution in [3.63, 3.8) is 0 Å². The summed E-state index contributed by atoms with van der Waals surface area (Å²) in [5, 5.41) is 15.6. The molecule has 3 rings (SSSR count). The Morgan fingerprint density at radius 1 is 1.03 bits per heavy atom. The first-order chi connectivity index (χ1) is 17.0. The lowest BCUT2D eigenvalue weighted by molar-refractivity contribution is -0.145. The third-order valence-corrected chi connectivity index (χ3v) is 5.93. The maximum atomic E-state index is 13.2. The second-order valence-corrected chi connectivity index (χ2v) is 8.86. The third-order valence-electron chi connectivity index (χ3n) is 5.93. The van der Waals surface area contributed by atoms with Crippen molar-refractivity contribution >= 4 is 17.8 Å². The third kappa shape index (κ3) is 9.37. The molecule has 2 aromatic carbocycles. The van der Waals surface area contributed by atoms with Crippen molar-refractivity contribution in [3.05, 3.63) is 83.9 Å². The lowest BCUT2D eigenvalue weighted by Crippen LogP contribution is -2.45. The number of aliphatic hydroxyl groups is 1. The van der Waals surface area contributed by atoms with Crippen LogP contribution in [0.1, 0.15) is 36.8 Å². The number of cyclic esters (lactones) is 1. The predicted molar refractivity (Wildman–Crippen MR) is 133 cm³/mol. The fourth-order valence-corrected chi connectivity index (χ4v) is 4.07. The first-order valence-electron chi connectivity index (χ1n) is 12.1. The molecule has 0 aliphatic carbocycles. The highest BCUT2D eigenvalue weighted by atomic mass is 16.5. The largest absolute Gasteiger partial charge is 0.463 e. The fraction of sp³-hybridized carbons (Fsp3) is 0.393. The zero-order chi connectivity index (χ0) is 24.9. The number of ether oxygens (including phenoxy) is 1. The number of rotatable bonds is 8. The van der Waals surface area contributed by atoms with Gasteiger partial charge in [-0.25, -0.2) is 0 Å². The topological polar surface area (TPSA) is 105 Å². The summed E-state index contributed by atoms with van der Waals surface area (Å²) in [6.45, 7) is -0.117. The standard InChI is InChI=1S/C28H34N2O5/c31-19-24(16-21-10-4-1-5-11-21)29-26(32)18-23-14-8-3-9-15-27(33)35-20-25(30-28(23)34)17-22-12-6-2-7-13-22/h1-8,10-13,23-25,31H,9,14-20H2,(H,29,32)(H,30,34)/t23-,24+,25-/m1/s1. The lowest BCUT2D eigenvalue weighted by atomic mass is 9.97. The van der Waals surface area contributed by atoms with E-state index in [0.29, 0.717) is 25.7 Å². The van der Waals surface area contributed by atoms with Gasteiger partial charge in [-0.15, -0.1) is 0 Å². The summed E-state index contributed by atoms with van der Waals surface area (Å²) < 4.78 is 5.39. The van der Waals surface area contributed by atoms with Crippen LogP contribution in [0.5, 0.6) is 0 Å². The van der Waals surface area contributed by atoms with Crippen molar-refractivity contribution in [2.75, 3.05) is 13.2 Å². The van der Waals surface area contributed by atoms with E-state index in [4.69, 9.17) is 4.74 Å². The Kier molecular flexibility index (Phi) is 10.5. The zero-order valence-electron chi connectivity index (χ0n) is 19.9. The van der Waals surface area contributed by atoms with E-state index in [1.807, 2.05) is 72.8 Å². The van der Waals surface area contributed by atoms with Crippen LogP contribution in [-0.2, 0) is 32.0 Å². The van der Waals surface area contributed by atoms with Gasteiger partial charge in [0.1, 0.15) is 6.61 Å². The van der Waals surface area contributed by atoms with E-state index in [2.05, 4.69) is 10.6 Å². The summed E-state index contributed by atoms with van der Waals surface area (Å²) in [6.07, 6.45) is 5.87. The molecule has 3 N–H and O–H groups in total. The molecule has 0 saturated carbocycles. The van der Waals surface area contributed by atoms with Gasteiger partial charge in [-0.3, -0.25) is 14.4 Å². The van der Waals surface area contributed by atoms with Gasteiger partial charge >= 0.3 is 5.97 Å². The minimum absolute atomic E-state index is 0.000687. The molecule has 0 radical (unpaired) electrons. The highest BCUT2D eigenvalue weighted by molar-refractivity contribution is 5.86. The number of allylic oxidation sites excluding steroid dienone is 2. The van der Waals surface area contributed by atoms with Crippen LogP contribution in [0.4, 0.5) is 0 Å². The average Bonchev–Trinajstić information content (AvgIpc) is 2.86. The van der Waals surface area contributed by atoms with E-state index in [-0.39, 0.29) is 43.8 Å². The Morgan fingerprint density at radius 3 is 2.40 bits per heavy atom. The van der Waals surface area contributed by atoms with Gasteiger partial charge < -0.3 is 20.5 Å². The molecule has 2 amide bonds. The van der Waals surface area contributed by atoms with E-state index < -0.39 is 18.0 Å². The van der Waals surface area contributed by atoms with Crippen LogP contribution >= 0.6 is 0 Å². The van der Waals surface area contributed by atoms with Crippen LogP contribution < -0.4 is 10.6 Å². The van der Waals surface area contributed by atoms with E-state index in [9.17, 15) is 19.5 Å². The number of carbonyl (C=O) groups is 3. The van der Waals surface area contributed by atoms with Crippen LogP contribution in [0, 0.1) is 5.92 Å². The van der Waals surface area contributed by atoms with E-state index >= 15 is 0 Å². The monoisotopic (exact) mass is 478 g/mol. The minimum atomic E-state index is -0.573. The number of amides is 2. The summed E-state index contributed by atoms with van der Waals surface area (Å²) >= 11 is 0. The smallest absolute Gasteiger partial charge is 0.306 e. The molecule has 186 valence electrons. The van der Waals surface area contributed by atoms with E-state index in [1.165, 1.54) is 0 Å². The number of nitrogens with one attached hydrogen (secondary N) is 2. The Bertz CT molecular complexity index is 977. The number of esters is 1. The maximum Gasteiger partial charge on any atom is 0.306 e. The molecule has 0 saturated heterocycles. The molecule has 3 atom stereocenters. The summed E-state index contributed by atoms with van der Waals surface area (Å²) in [5.74, 6) is -1.42. The Labute approximate surface area is 206 Å². The maximum absolute atomic E-state index is 13.2. The average molecular weight is 479 g/mol. The summed E-state index contributed by atoms with van der Waals surface area (Å²) in [4.78, 5) is 38.0. The SMILES string of the molecule is O=C(C[C@H]1CC=CCCC(=O)OC[C@@H](Cc2ccccc2)NC1=O)N[C@H](CO)Cc1ccccc1. The molecular weight excluding hydrogens is 444 g/mol. The van der Waals surface area contributed by atoms with Crippen LogP contribution in [0.15, 0.2) is 72.8 Å². The second kappa shape index (κ2) is 14.1. The number of hydrogen-bond donors (Lipinski definition) is 3. The molecule has 7 nitrogen and oxygen atoms in total. The van der Waals surface area contributed by atoms with Crippen LogP contribution in [0.3, 0.4) is 0 Å². The van der Waals surface area contributed by atoms with Gasteiger partial charge in [-0.2, -0.15) is 0 Å². The highest BCUT2D eigenvalue weighted by Crippen LogP contribution is 2.14. The van der Waals surface area contributed by atoms with Crippen molar-refractivity contribution < 1.29 is 24.2 Å². The normalized spacial score (nSPS) is 20.0. The van der Waals surface area contributed by atoms with Gasteiger partial charge in [0, 0.05) is 12.8 Å². The van der Waals surface area contributed by atoms with Crippen molar-refractivity contribution in [2.45, 2.75) is 50.6 Å². The van der Waals surface area contributed by atoms with Crippen molar-refractivity contribution in [2.24, 2.45) is 5.92 Å². The summed E-state index contributed by atoms with van der Waals surface area (Å²) in [7, 11) is 0. The van der Waals surface area contributed by atoms with Gasteiger partial charge in [0.25, 0.3) is 0 Å². The zero-order valence-corrected chi connectivity index (χ0v) is 19.9. The van der Waals surface area contributed by atoms with E-state index in [0.717, 1.165) is 11.1 Å². The van der Waals surface area contributed by atoms with Crippen molar-refractivity contribution in [3.8, 4) is 0 Å². The number of benzene rings is 2. The van der Waals surface area contributed by atoms with Crippen LogP contribution in [-0.4, -0.2) is 48.2 Å². The number of hydrogen-bond acceptors (Lipinski definition) is 5. The molecule has 2 aromatic rings. The quantitative estimate of drug-likeness (QED) is 0.400. The molecule has 1 aliphatic heterocycles. The molecule has 0 bridgehead atoms. The Hall–Kier alpha value is -3.45. The van der Waals surface area contributed by atoms with Crippen molar-refractivity contribution in [1.29, 1.82) is 0 Å². The van der Waals surface area contributed by atoms with Gasteiger partial charge in [-0.1, -0.05) is 72.8 Å². The van der Waals surface area contributed by atoms with Gasteiger partial charge in [0.15, 0.2) is 0 Å². The number of carbonyl (C=O) groups excluding carboxylic acids is 3. The first-order valence-corrected chi connectivity index (χ1v) is 12.1. The molecule has 1 heterocycles. The molecule has 0 fully saturated rings. The molecule has 0 aromatic heterocycles. The lowest BCUT2D eigenvalue weighted by Gasteiger charge is -2.23. The number of aliphatic hydroxyl groups excluding tert-OH is 1. The molecule has 0 unspecified atom stereocenters. The first kappa shape index (κ1) is 26.2. The molecular formula is C28H34N2O5. The highest BCUT2D eigenvalue weighted by Gasteiger charge is 2.25. The van der Waals surface area contributed by atoms with Crippen molar-refractivity contribution in [1.82, 2.24) is 10.6 Å². The molecule has 0 spiro atoms. The summed E-state index contributed by atoms with van der Waals surface area (Å²) in [6, 6.07) is 18.5. The Balaban J connectivity index is 1.65. The van der Waals surface area contributed by atoms with Crippen LogP contribution in [0.25, 0.3) is 0 Å².